The Morgan fingerprint density at radius 2 is 2.17 bits per heavy atom. The fourth-order valence-corrected chi connectivity index (χ4v) is 2.17. The van der Waals surface area contributed by atoms with Crippen molar-refractivity contribution in [3.63, 3.8) is 0 Å². The van der Waals surface area contributed by atoms with Crippen molar-refractivity contribution in [3.05, 3.63) is 22.3 Å². The van der Waals surface area contributed by atoms with Crippen LogP contribution < -0.4 is 11.1 Å². The lowest BCUT2D eigenvalue weighted by molar-refractivity contribution is -0.118. The van der Waals surface area contributed by atoms with Crippen LogP contribution in [0, 0.1) is 18.8 Å². The third-order valence-electron chi connectivity index (χ3n) is 2.55. The van der Waals surface area contributed by atoms with Gasteiger partial charge in [-0.2, -0.15) is 0 Å². The number of anilines is 1. The summed E-state index contributed by atoms with van der Waals surface area (Å²) < 4.78 is 0.898. The lowest BCUT2D eigenvalue weighted by Gasteiger charge is -2.18. The maximum atomic E-state index is 12.1. The predicted molar refractivity (Wildman–Crippen MR) is 80.4 cm³/mol. The van der Waals surface area contributed by atoms with E-state index in [1.807, 2.05) is 20.8 Å². The maximum Gasteiger partial charge on any atom is 0.235 e. The van der Waals surface area contributed by atoms with Gasteiger partial charge in [0.15, 0.2) is 0 Å². The molecule has 1 atom stereocenters. The number of amides is 1. The molecule has 4 nitrogen and oxygen atoms in total. The molecular weight excluding hydrogens is 314 g/mol. The van der Waals surface area contributed by atoms with Gasteiger partial charge in [-0.3, -0.25) is 4.79 Å². The lowest BCUT2D eigenvalue weighted by Crippen LogP contribution is -2.36. The smallest absolute Gasteiger partial charge is 0.235 e. The number of rotatable bonds is 4. The first-order chi connectivity index (χ1) is 8.32. The van der Waals surface area contributed by atoms with Crippen molar-refractivity contribution >= 4 is 44.9 Å². The van der Waals surface area contributed by atoms with Gasteiger partial charge < -0.3 is 11.1 Å². The number of nitrogens with one attached hydrogen (secondary N) is 1. The molecule has 0 aliphatic heterocycles. The first kappa shape index (κ1) is 15.0. The van der Waals surface area contributed by atoms with E-state index < -0.39 is 5.92 Å². The Morgan fingerprint density at radius 3 is 2.61 bits per heavy atom. The Labute approximate surface area is 120 Å². The highest BCUT2D eigenvalue weighted by molar-refractivity contribution is 9.10. The molecule has 6 heteroatoms. The second-order valence-corrected chi connectivity index (χ2v) is 5.76. The molecule has 98 valence electrons. The number of hydrogen-bond donors (Lipinski definition) is 2. The molecule has 1 aromatic rings. The molecule has 0 spiro atoms. The van der Waals surface area contributed by atoms with Crippen LogP contribution in [-0.2, 0) is 4.79 Å². The highest BCUT2D eigenvalue weighted by Crippen LogP contribution is 2.19. The number of nitrogens with zero attached hydrogens (tertiary/aromatic N) is 1. The number of aryl methyl sites for hydroxylation is 1. The number of thiocarbonyl (C=S) groups is 1. The van der Waals surface area contributed by atoms with Crippen LogP contribution in [0.1, 0.15) is 19.4 Å². The third-order valence-corrected chi connectivity index (χ3v) is 3.64. The number of aromatic nitrogens is 1. The van der Waals surface area contributed by atoms with Crippen molar-refractivity contribution in [2.45, 2.75) is 20.8 Å². The molecule has 0 saturated heterocycles. The molecule has 0 saturated carbocycles. The van der Waals surface area contributed by atoms with Gasteiger partial charge in [-0.15, -0.1) is 0 Å². The summed E-state index contributed by atoms with van der Waals surface area (Å²) >= 11 is 8.28. The van der Waals surface area contributed by atoms with E-state index in [4.69, 9.17) is 18.0 Å². The van der Waals surface area contributed by atoms with Crippen LogP contribution in [0.2, 0.25) is 0 Å². The number of hydrogen-bond acceptors (Lipinski definition) is 3. The minimum Gasteiger partial charge on any atom is -0.393 e. The quantitative estimate of drug-likeness (QED) is 0.833. The van der Waals surface area contributed by atoms with E-state index in [0.717, 1.165) is 10.0 Å². The number of pyridine rings is 1. The van der Waals surface area contributed by atoms with E-state index in [1.54, 1.807) is 12.3 Å². The summed E-state index contributed by atoms with van der Waals surface area (Å²) in [5.41, 5.74) is 6.59. The Hall–Kier alpha value is -1.01. The molecule has 1 rings (SSSR count). The fraction of sp³-hybridized carbons (Fsp3) is 0.417. The van der Waals surface area contributed by atoms with Gasteiger partial charge in [0.1, 0.15) is 5.82 Å². The highest BCUT2D eigenvalue weighted by atomic mass is 79.9. The average Bonchev–Trinajstić information content (AvgIpc) is 2.22. The van der Waals surface area contributed by atoms with Crippen LogP contribution >= 0.6 is 28.1 Å². The summed E-state index contributed by atoms with van der Waals surface area (Å²) in [6, 6.07) is 1.79. The van der Waals surface area contributed by atoms with E-state index in [2.05, 4.69) is 26.2 Å². The molecule has 0 aromatic carbocycles. The van der Waals surface area contributed by atoms with Gasteiger partial charge in [0, 0.05) is 10.7 Å². The van der Waals surface area contributed by atoms with Crippen molar-refractivity contribution < 1.29 is 4.79 Å². The zero-order valence-corrected chi connectivity index (χ0v) is 12.9. The van der Waals surface area contributed by atoms with E-state index in [1.165, 1.54) is 0 Å². The van der Waals surface area contributed by atoms with Gasteiger partial charge in [0.2, 0.25) is 5.91 Å². The number of halogens is 1. The summed E-state index contributed by atoms with van der Waals surface area (Å²) in [5.74, 6) is -0.140. The number of carbonyl (C=O) groups is 1. The summed E-state index contributed by atoms with van der Waals surface area (Å²) in [5, 5.41) is 2.73. The van der Waals surface area contributed by atoms with Crippen molar-refractivity contribution in [3.8, 4) is 0 Å². The molecule has 0 bridgehead atoms. The minimum atomic E-state index is -0.481. The van der Waals surface area contributed by atoms with Crippen LogP contribution in [0.3, 0.4) is 0 Å². The van der Waals surface area contributed by atoms with Crippen LogP contribution in [-0.4, -0.2) is 15.9 Å². The molecule has 0 aliphatic rings. The summed E-state index contributed by atoms with van der Waals surface area (Å²) in [7, 11) is 0. The molecule has 0 fully saturated rings. The largest absolute Gasteiger partial charge is 0.393 e. The summed E-state index contributed by atoms with van der Waals surface area (Å²) in [4.78, 5) is 16.4. The van der Waals surface area contributed by atoms with E-state index in [0.29, 0.717) is 5.82 Å². The van der Waals surface area contributed by atoms with Crippen molar-refractivity contribution in [1.82, 2.24) is 4.98 Å². The number of nitrogens with two attached hydrogens (primary N) is 1. The topological polar surface area (TPSA) is 68.0 Å². The first-order valence-electron chi connectivity index (χ1n) is 5.55. The molecular formula is C12H16BrN3OS. The van der Waals surface area contributed by atoms with Crippen LogP contribution in [0.25, 0.3) is 0 Å². The molecule has 3 N–H and O–H groups in total. The Balaban J connectivity index is 2.86. The fourth-order valence-electron chi connectivity index (χ4n) is 1.57. The second kappa shape index (κ2) is 6.24. The molecule has 1 heterocycles. The zero-order chi connectivity index (χ0) is 13.9. The van der Waals surface area contributed by atoms with Gasteiger partial charge in [-0.05, 0) is 40.4 Å². The standard InChI is InChI=1S/C12H16BrN3OS/c1-6(2)10(11(14)18)12(17)16-9-4-7(3)8(13)5-15-9/h4-6,10H,1-3H3,(H2,14,18)(H,15,16,17). The van der Waals surface area contributed by atoms with E-state index in [-0.39, 0.29) is 16.8 Å². The maximum absolute atomic E-state index is 12.1. The van der Waals surface area contributed by atoms with Gasteiger partial charge in [-0.1, -0.05) is 26.1 Å². The molecule has 1 amide bonds. The summed E-state index contributed by atoms with van der Waals surface area (Å²) in [6.07, 6.45) is 1.65. The van der Waals surface area contributed by atoms with E-state index in [9.17, 15) is 4.79 Å². The van der Waals surface area contributed by atoms with Crippen molar-refractivity contribution in [2.24, 2.45) is 17.6 Å². The minimum absolute atomic E-state index is 0.0547. The first-order valence-corrected chi connectivity index (χ1v) is 6.75. The van der Waals surface area contributed by atoms with Crippen molar-refractivity contribution in [2.75, 3.05) is 5.32 Å². The predicted octanol–water partition coefficient (Wildman–Crippen LogP) is 2.65. The van der Waals surface area contributed by atoms with Gasteiger partial charge in [-0.25, -0.2) is 4.98 Å². The molecule has 1 aromatic heterocycles. The van der Waals surface area contributed by atoms with Gasteiger partial charge in [0.25, 0.3) is 0 Å². The molecule has 0 radical (unpaired) electrons. The van der Waals surface area contributed by atoms with Gasteiger partial charge in [0.05, 0.1) is 10.9 Å². The monoisotopic (exact) mass is 329 g/mol. The molecule has 1 unspecified atom stereocenters. The van der Waals surface area contributed by atoms with Crippen LogP contribution in [0.4, 0.5) is 5.82 Å². The van der Waals surface area contributed by atoms with Crippen LogP contribution in [0.15, 0.2) is 16.7 Å². The van der Waals surface area contributed by atoms with E-state index >= 15 is 0 Å². The lowest BCUT2D eigenvalue weighted by atomic mass is 9.95. The SMILES string of the molecule is Cc1cc(NC(=O)C(C(N)=S)C(C)C)ncc1Br. The van der Waals surface area contributed by atoms with Crippen LogP contribution in [0.5, 0.6) is 0 Å². The molecule has 0 aliphatic carbocycles. The number of carbonyl (C=O) groups excluding carboxylic acids is 1. The third kappa shape index (κ3) is 3.74. The summed E-state index contributed by atoms with van der Waals surface area (Å²) in [6.45, 7) is 5.74. The van der Waals surface area contributed by atoms with Gasteiger partial charge >= 0.3 is 0 Å². The average molecular weight is 330 g/mol. The zero-order valence-electron chi connectivity index (χ0n) is 10.5. The Kier molecular flexibility index (Phi) is 5.22. The second-order valence-electron chi connectivity index (χ2n) is 4.43. The van der Waals surface area contributed by atoms with Crippen molar-refractivity contribution in [1.29, 1.82) is 0 Å². The normalized spacial score (nSPS) is 12.3. The Bertz CT molecular complexity index is 476. The molecule has 18 heavy (non-hydrogen) atoms. The highest BCUT2D eigenvalue weighted by Gasteiger charge is 2.25. The Morgan fingerprint density at radius 1 is 1.56 bits per heavy atom.